The van der Waals surface area contributed by atoms with Crippen LogP contribution in [0.5, 0.6) is 0 Å². The van der Waals surface area contributed by atoms with E-state index in [2.05, 4.69) is 20.6 Å². The van der Waals surface area contributed by atoms with Crippen molar-refractivity contribution in [2.75, 3.05) is 6.26 Å². The maximum absolute atomic E-state index is 12.1. The van der Waals surface area contributed by atoms with Gasteiger partial charge >= 0.3 is 0 Å². The second-order valence-corrected chi connectivity index (χ2v) is 7.46. The Hall–Kier alpha value is -2.54. The van der Waals surface area contributed by atoms with Crippen molar-refractivity contribution in [2.45, 2.75) is 18.2 Å². The second kappa shape index (κ2) is 5.92. The topological polar surface area (TPSA) is 88.6 Å². The lowest BCUT2D eigenvalue weighted by Crippen LogP contribution is -2.04. The molecule has 1 N–H and O–H groups in total. The van der Waals surface area contributed by atoms with Gasteiger partial charge in [0.25, 0.3) is 0 Å². The van der Waals surface area contributed by atoms with Crippen molar-refractivity contribution in [3.63, 3.8) is 0 Å². The number of nitrogens with zero attached hydrogens (tertiary/aromatic N) is 3. The van der Waals surface area contributed by atoms with E-state index in [0.717, 1.165) is 11.1 Å². The molecule has 0 saturated heterocycles. The van der Waals surface area contributed by atoms with Crippen molar-refractivity contribution in [1.82, 2.24) is 20.6 Å². The van der Waals surface area contributed by atoms with Gasteiger partial charge in [-0.15, -0.1) is 5.10 Å². The average Bonchev–Trinajstić information content (AvgIpc) is 3.02. The van der Waals surface area contributed by atoms with Gasteiger partial charge in [0.15, 0.2) is 15.7 Å². The molecule has 23 heavy (non-hydrogen) atoms. The van der Waals surface area contributed by atoms with E-state index in [1.54, 1.807) is 12.1 Å². The van der Waals surface area contributed by atoms with Crippen LogP contribution in [0.3, 0.4) is 0 Å². The number of aryl methyl sites for hydroxylation is 1. The van der Waals surface area contributed by atoms with Crippen LogP contribution in [0, 0.1) is 6.92 Å². The molecule has 0 fully saturated rings. The third-order valence-electron chi connectivity index (χ3n) is 3.61. The van der Waals surface area contributed by atoms with Gasteiger partial charge in [-0.25, -0.2) is 13.5 Å². The van der Waals surface area contributed by atoms with Crippen molar-refractivity contribution >= 4 is 9.84 Å². The van der Waals surface area contributed by atoms with Gasteiger partial charge in [-0.3, -0.25) is 0 Å². The summed E-state index contributed by atoms with van der Waals surface area (Å²) < 4.78 is 24.2. The lowest BCUT2D eigenvalue weighted by molar-refractivity contribution is 0.602. The lowest BCUT2D eigenvalue weighted by atomic mass is 9.98. The van der Waals surface area contributed by atoms with Crippen LogP contribution < -0.4 is 0 Å². The minimum absolute atomic E-state index is 0.223. The Bertz CT molecular complexity index is 917. The van der Waals surface area contributed by atoms with Gasteiger partial charge in [0.2, 0.25) is 0 Å². The first kappa shape index (κ1) is 15.4. The summed E-state index contributed by atoms with van der Waals surface area (Å²) in [6.07, 6.45) is 1.78. The molecule has 3 aromatic rings. The number of hydrogen-bond donors (Lipinski definition) is 1. The smallest absolute Gasteiger partial charge is 0.181 e. The number of aromatic nitrogens is 4. The van der Waals surface area contributed by atoms with Crippen LogP contribution in [0.15, 0.2) is 47.4 Å². The quantitative estimate of drug-likeness (QED) is 0.793. The summed E-state index contributed by atoms with van der Waals surface area (Å²) >= 11 is 0. The fraction of sp³-hybridized carbons (Fsp3) is 0.188. The van der Waals surface area contributed by atoms with Crippen LogP contribution >= 0.6 is 0 Å². The van der Waals surface area contributed by atoms with Gasteiger partial charge in [0.1, 0.15) is 0 Å². The van der Waals surface area contributed by atoms with Crippen molar-refractivity contribution in [2.24, 2.45) is 0 Å². The van der Waals surface area contributed by atoms with Crippen LogP contribution in [0.2, 0.25) is 0 Å². The molecule has 0 atom stereocenters. The number of aromatic amines is 1. The van der Waals surface area contributed by atoms with Gasteiger partial charge in [-0.2, -0.15) is 0 Å². The molecule has 0 saturated carbocycles. The molecule has 0 amide bonds. The van der Waals surface area contributed by atoms with Gasteiger partial charge in [0.05, 0.1) is 4.90 Å². The Balaban J connectivity index is 2.15. The van der Waals surface area contributed by atoms with E-state index < -0.39 is 9.84 Å². The zero-order chi connectivity index (χ0) is 16.4. The molecule has 0 aliphatic heterocycles. The van der Waals surface area contributed by atoms with Crippen molar-refractivity contribution in [1.29, 1.82) is 0 Å². The van der Waals surface area contributed by atoms with E-state index in [1.807, 2.05) is 37.3 Å². The summed E-state index contributed by atoms with van der Waals surface area (Å²) in [6, 6.07) is 13.3. The van der Waals surface area contributed by atoms with E-state index in [1.165, 1.54) is 11.8 Å². The normalized spacial score (nSPS) is 11.6. The van der Waals surface area contributed by atoms with Crippen LogP contribution in [0.25, 0.3) is 11.4 Å². The molecule has 118 valence electrons. The summed E-state index contributed by atoms with van der Waals surface area (Å²) in [4.78, 5) is 0.223. The Morgan fingerprint density at radius 3 is 2.43 bits per heavy atom. The molecule has 0 bridgehead atoms. The Morgan fingerprint density at radius 2 is 1.83 bits per heavy atom. The Labute approximate surface area is 134 Å². The van der Waals surface area contributed by atoms with E-state index in [9.17, 15) is 8.42 Å². The number of benzene rings is 2. The third-order valence-corrected chi connectivity index (χ3v) is 4.75. The largest absolute Gasteiger partial charge is 0.239 e. The molecule has 1 heterocycles. The number of sulfone groups is 1. The first-order valence-corrected chi connectivity index (χ1v) is 8.96. The molecule has 2 aromatic carbocycles. The second-order valence-electron chi connectivity index (χ2n) is 5.47. The summed E-state index contributed by atoms with van der Waals surface area (Å²) in [6.45, 7) is 2.03. The predicted molar refractivity (Wildman–Crippen MR) is 86.7 cm³/mol. The molecular formula is C16H16N4O2S. The molecule has 0 spiro atoms. The molecular weight excluding hydrogens is 312 g/mol. The first-order chi connectivity index (χ1) is 10.9. The van der Waals surface area contributed by atoms with E-state index >= 15 is 0 Å². The highest BCUT2D eigenvalue weighted by Crippen LogP contribution is 2.29. The number of H-pyrrole nitrogens is 1. The molecule has 3 rings (SSSR count). The molecule has 0 aliphatic carbocycles. The zero-order valence-corrected chi connectivity index (χ0v) is 13.6. The number of hydrogen-bond acceptors (Lipinski definition) is 5. The molecule has 0 aliphatic rings. The van der Waals surface area contributed by atoms with Crippen LogP contribution in [-0.2, 0) is 16.3 Å². The maximum atomic E-state index is 12.1. The highest BCUT2D eigenvalue weighted by molar-refractivity contribution is 7.90. The van der Waals surface area contributed by atoms with E-state index in [4.69, 9.17) is 0 Å². The van der Waals surface area contributed by atoms with Crippen molar-refractivity contribution < 1.29 is 8.42 Å². The fourth-order valence-corrected chi connectivity index (χ4v) is 3.42. The SMILES string of the molecule is Cc1ccc(Cc2cccc(S(C)(=O)=O)c2-c2nnn[nH]2)cc1. The van der Waals surface area contributed by atoms with Crippen LogP contribution in [0.4, 0.5) is 0 Å². The Morgan fingerprint density at radius 1 is 1.09 bits per heavy atom. The zero-order valence-electron chi connectivity index (χ0n) is 12.8. The fourth-order valence-electron chi connectivity index (χ4n) is 2.49. The third kappa shape index (κ3) is 3.29. The maximum Gasteiger partial charge on any atom is 0.181 e. The number of rotatable bonds is 4. The highest BCUT2D eigenvalue weighted by atomic mass is 32.2. The average molecular weight is 328 g/mol. The number of tetrazole rings is 1. The van der Waals surface area contributed by atoms with Gasteiger partial charge < -0.3 is 0 Å². The van der Waals surface area contributed by atoms with Gasteiger partial charge in [0, 0.05) is 11.8 Å². The van der Waals surface area contributed by atoms with Gasteiger partial charge in [-0.1, -0.05) is 42.0 Å². The van der Waals surface area contributed by atoms with E-state index in [0.29, 0.717) is 17.8 Å². The summed E-state index contributed by atoms with van der Waals surface area (Å²) in [7, 11) is -3.40. The summed E-state index contributed by atoms with van der Waals surface area (Å²) in [5, 5.41) is 13.7. The van der Waals surface area contributed by atoms with E-state index in [-0.39, 0.29) is 4.90 Å². The van der Waals surface area contributed by atoms with Crippen LogP contribution in [0.1, 0.15) is 16.7 Å². The number of nitrogens with one attached hydrogen (secondary N) is 1. The molecule has 1 aromatic heterocycles. The molecule has 7 heteroatoms. The predicted octanol–water partition coefficient (Wildman–Crippen LogP) is 2.17. The minimum atomic E-state index is -3.40. The first-order valence-electron chi connectivity index (χ1n) is 7.07. The van der Waals surface area contributed by atoms with Crippen LogP contribution in [-0.4, -0.2) is 35.3 Å². The summed E-state index contributed by atoms with van der Waals surface area (Å²) in [5.74, 6) is 0.355. The highest BCUT2D eigenvalue weighted by Gasteiger charge is 2.20. The van der Waals surface area contributed by atoms with Crippen molar-refractivity contribution in [3.05, 3.63) is 59.2 Å². The molecule has 6 nitrogen and oxygen atoms in total. The molecule has 0 radical (unpaired) electrons. The minimum Gasteiger partial charge on any atom is -0.239 e. The summed E-state index contributed by atoms with van der Waals surface area (Å²) in [5.41, 5.74) is 3.66. The van der Waals surface area contributed by atoms with Gasteiger partial charge in [-0.05, 0) is 41.0 Å². The monoisotopic (exact) mass is 328 g/mol. The van der Waals surface area contributed by atoms with Crippen molar-refractivity contribution in [3.8, 4) is 11.4 Å². The standard InChI is InChI=1S/C16H16N4O2S/c1-11-6-8-12(9-7-11)10-13-4-3-5-14(23(2,21)22)15(13)16-17-19-20-18-16/h3-9H,10H2,1-2H3,(H,17,18,19,20). The lowest BCUT2D eigenvalue weighted by Gasteiger charge is -2.12. The molecule has 0 unspecified atom stereocenters. The Kier molecular flexibility index (Phi) is 3.96.